The lowest BCUT2D eigenvalue weighted by Gasteiger charge is -2.18. The lowest BCUT2D eigenvalue weighted by molar-refractivity contribution is 0.0863. The molecule has 1 aromatic heterocycles. The van der Waals surface area contributed by atoms with Gasteiger partial charge >= 0.3 is 0 Å². The molecule has 1 atom stereocenters. The summed E-state index contributed by atoms with van der Waals surface area (Å²) in [6.07, 6.45) is 4.12. The fourth-order valence-corrected chi connectivity index (χ4v) is 1.66. The summed E-state index contributed by atoms with van der Waals surface area (Å²) < 4.78 is 5.84. The SMILES string of the molecule is CNC(=S)C(OCC1CC1)c1ccccn1. The van der Waals surface area contributed by atoms with Crippen LogP contribution in [-0.2, 0) is 4.74 Å². The lowest BCUT2D eigenvalue weighted by Crippen LogP contribution is -2.27. The van der Waals surface area contributed by atoms with Gasteiger partial charge in [0.05, 0.1) is 12.3 Å². The van der Waals surface area contributed by atoms with Crippen molar-refractivity contribution in [3.05, 3.63) is 30.1 Å². The van der Waals surface area contributed by atoms with E-state index in [1.165, 1.54) is 12.8 Å². The first-order valence-corrected chi connectivity index (χ1v) is 5.96. The van der Waals surface area contributed by atoms with Gasteiger partial charge in [-0.25, -0.2) is 0 Å². The van der Waals surface area contributed by atoms with Gasteiger partial charge in [0.25, 0.3) is 0 Å². The van der Waals surface area contributed by atoms with Gasteiger partial charge in [-0.2, -0.15) is 0 Å². The highest BCUT2D eigenvalue weighted by Crippen LogP contribution is 2.31. The Bertz CT molecular complexity index is 351. The molecule has 4 heteroatoms. The molecule has 0 amide bonds. The van der Waals surface area contributed by atoms with E-state index in [1.54, 1.807) is 6.20 Å². The van der Waals surface area contributed by atoms with Gasteiger partial charge in [0.1, 0.15) is 11.1 Å². The number of hydrogen-bond acceptors (Lipinski definition) is 3. The van der Waals surface area contributed by atoms with E-state index in [0.717, 1.165) is 18.2 Å². The Balaban J connectivity index is 2.03. The number of likely N-dealkylation sites (N-methyl/N-ethyl adjacent to an activating group) is 1. The molecule has 1 fully saturated rings. The smallest absolute Gasteiger partial charge is 0.149 e. The quantitative estimate of drug-likeness (QED) is 0.794. The van der Waals surface area contributed by atoms with E-state index in [0.29, 0.717) is 4.99 Å². The first-order valence-electron chi connectivity index (χ1n) is 5.55. The molecule has 0 saturated heterocycles. The molecule has 1 heterocycles. The molecule has 16 heavy (non-hydrogen) atoms. The van der Waals surface area contributed by atoms with E-state index in [4.69, 9.17) is 17.0 Å². The van der Waals surface area contributed by atoms with E-state index in [9.17, 15) is 0 Å². The first-order chi connectivity index (χ1) is 7.81. The largest absolute Gasteiger partial charge is 0.380 e. The number of nitrogens with zero attached hydrogens (tertiary/aromatic N) is 1. The van der Waals surface area contributed by atoms with Crippen molar-refractivity contribution in [3.63, 3.8) is 0 Å². The molecule has 0 radical (unpaired) electrons. The van der Waals surface area contributed by atoms with E-state index < -0.39 is 0 Å². The molecule has 0 aliphatic heterocycles. The fraction of sp³-hybridized carbons (Fsp3) is 0.500. The average molecular weight is 236 g/mol. The molecule has 2 rings (SSSR count). The molecule has 1 N–H and O–H groups in total. The highest BCUT2D eigenvalue weighted by atomic mass is 32.1. The molecular weight excluding hydrogens is 220 g/mol. The molecule has 1 unspecified atom stereocenters. The molecule has 1 saturated carbocycles. The average Bonchev–Trinajstić information content (AvgIpc) is 3.14. The number of thiocarbonyl (C=S) groups is 1. The predicted molar refractivity (Wildman–Crippen MR) is 67.3 cm³/mol. The van der Waals surface area contributed by atoms with E-state index in [2.05, 4.69) is 10.3 Å². The minimum atomic E-state index is -0.207. The maximum absolute atomic E-state index is 5.84. The Labute approximate surface area is 101 Å². The van der Waals surface area contributed by atoms with Crippen LogP contribution < -0.4 is 5.32 Å². The molecule has 1 aromatic rings. The standard InChI is InChI=1S/C12H16N2OS/c1-13-12(16)11(15-8-9-5-6-9)10-4-2-3-7-14-10/h2-4,7,9,11H,5-6,8H2,1H3,(H,13,16). The fourth-order valence-electron chi connectivity index (χ4n) is 1.47. The Hall–Kier alpha value is -1.00. The number of nitrogens with one attached hydrogen (secondary N) is 1. The van der Waals surface area contributed by atoms with Crippen LogP contribution in [-0.4, -0.2) is 23.6 Å². The minimum absolute atomic E-state index is 0.207. The molecule has 1 aliphatic carbocycles. The third-order valence-corrected chi connectivity index (χ3v) is 3.05. The van der Waals surface area contributed by atoms with Gasteiger partial charge in [-0.15, -0.1) is 0 Å². The molecule has 3 nitrogen and oxygen atoms in total. The van der Waals surface area contributed by atoms with Gasteiger partial charge in [0.15, 0.2) is 0 Å². The zero-order valence-electron chi connectivity index (χ0n) is 9.35. The summed E-state index contributed by atoms with van der Waals surface area (Å²) in [5.74, 6) is 0.728. The molecule has 86 valence electrons. The number of hydrogen-bond donors (Lipinski definition) is 1. The van der Waals surface area contributed by atoms with E-state index >= 15 is 0 Å². The van der Waals surface area contributed by atoms with Crippen LogP contribution in [0.25, 0.3) is 0 Å². The van der Waals surface area contributed by atoms with Crippen LogP contribution in [0.1, 0.15) is 24.6 Å². The summed E-state index contributed by atoms with van der Waals surface area (Å²) in [5, 5.41) is 2.97. The van der Waals surface area contributed by atoms with Gasteiger partial charge in [0.2, 0.25) is 0 Å². The maximum Gasteiger partial charge on any atom is 0.149 e. The van der Waals surface area contributed by atoms with Gasteiger partial charge in [0, 0.05) is 13.2 Å². The van der Waals surface area contributed by atoms with Crippen LogP contribution in [0.3, 0.4) is 0 Å². The van der Waals surface area contributed by atoms with Crippen molar-refractivity contribution in [2.24, 2.45) is 5.92 Å². The van der Waals surface area contributed by atoms with Crippen LogP contribution in [0, 0.1) is 5.92 Å². The van der Waals surface area contributed by atoms with Crippen molar-refractivity contribution in [2.75, 3.05) is 13.7 Å². The van der Waals surface area contributed by atoms with Crippen molar-refractivity contribution in [1.29, 1.82) is 0 Å². The maximum atomic E-state index is 5.84. The van der Waals surface area contributed by atoms with Crippen molar-refractivity contribution >= 4 is 17.2 Å². The summed E-state index contributed by atoms with van der Waals surface area (Å²) in [5.41, 5.74) is 0.877. The van der Waals surface area contributed by atoms with E-state index in [-0.39, 0.29) is 6.10 Å². The van der Waals surface area contributed by atoms with Crippen LogP contribution in [0.4, 0.5) is 0 Å². The Morgan fingerprint density at radius 2 is 2.44 bits per heavy atom. The molecular formula is C12H16N2OS. The Morgan fingerprint density at radius 1 is 1.62 bits per heavy atom. The van der Waals surface area contributed by atoms with Crippen molar-refractivity contribution < 1.29 is 4.74 Å². The molecule has 0 aromatic carbocycles. The minimum Gasteiger partial charge on any atom is -0.380 e. The summed E-state index contributed by atoms with van der Waals surface area (Å²) in [4.78, 5) is 4.99. The van der Waals surface area contributed by atoms with Crippen molar-refractivity contribution in [3.8, 4) is 0 Å². The Morgan fingerprint density at radius 3 is 3.00 bits per heavy atom. The van der Waals surface area contributed by atoms with Crippen LogP contribution >= 0.6 is 12.2 Å². The monoisotopic (exact) mass is 236 g/mol. The number of aromatic nitrogens is 1. The third kappa shape index (κ3) is 3.00. The zero-order chi connectivity index (χ0) is 11.4. The van der Waals surface area contributed by atoms with Crippen molar-refractivity contribution in [1.82, 2.24) is 10.3 Å². The topological polar surface area (TPSA) is 34.1 Å². The van der Waals surface area contributed by atoms with Crippen LogP contribution in [0.2, 0.25) is 0 Å². The number of ether oxygens (including phenoxy) is 1. The van der Waals surface area contributed by atoms with Crippen LogP contribution in [0.5, 0.6) is 0 Å². The van der Waals surface area contributed by atoms with Gasteiger partial charge in [-0.05, 0) is 30.9 Å². The van der Waals surface area contributed by atoms with Gasteiger partial charge in [-0.1, -0.05) is 18.3 Å². The lowest BCUT2D eigenvalue weighted by atomic mass is 10.2. The number of rotatable bonds is 5. The third-order valence-electron chi connectivity index (χ3n) is 2.64. The zero-order valence-corrected chi connectivity index (χ0v) is 10.2. The predicted octanol–water partition coefficient (Wildman–Crippen LogP) is 2.10. The molecule has 1 aliphatic rings. The van der Waals surface area contributed by atoms with Gasteiger partial charge < -0.3 is 10.1 Å². The Kier molecular flexibility index (Phi) is 3.85. The summed E-state index contributed by atoms with van der Waals surface area (Å²) in [7, 11) is 1.82. The first kappa shape index (κ1) is 11.5. The second-order valence-corrected chi connectivity index (χ2v) is 4.47. The molecule has 0 bridgehead atoms. The summed E-state index contributed by atoms with van der Waals surface area (Å²) >= 11 is 5.25. The molecule has 0 spiro atoms. The summed E-state index contributed by atoms with van der Waals surface area (Å²) in [6.45, 7) is 0.781. The van der Waals surface area contributed by atoms with Crippen molar-refractivity contribution in [2.45, 2.75) is 18.9 Å². The van der Waals surface area contributed by atoms with Crippen LogP contribution in [0.15, 0.2) is 24.4 Å². The second kappa shape index (κ2) is 5.37. The normalized spacial score (nSPS) is 16.8. The highest BCUT2D eigenvalue weighted by molar-refractivity contribution is 7.80. The highest BCUT2D eigenvalue weighted by Gasteiger charge is 2.25. The second-order valence-electron chi connectivity index (χ2n) is 4.03. The van der Waals surface area contributed by atoms with Gasteiger partial charge in [-0.3, -0.25) is 4.98 Å². The summed E-state index contributed by atoms with van der Waals surface area (Å²) in [6, 6.07) is 5.79. The number of pyridine rings is 1. The van der Waals surface area contributed by atoms with E-state index in [1.807, 2.05) is 25.2 Å².